The van der Waals surface area contributed by atoms with Gasteiger partial charge in [-0.2, -0.15) is 0 Å². The molecule has 3 unspecified atom stereocenters. The van der Waals surface area contributed by atoms with E-state index in [9.17, 15) is 9.90 Å². The molecular formula is C14H22O2. The molecule has 0 amide bonds. The molecule has 1 N–H and O–H groups in total. The summed E-state index contributed by atoms with van der Waals surface area (Å²) < 4.78 is 0. The van der Waals surface area contributed by atoms with Crippen LogP contribution in [0.2, 0.25) is 0 Å². The lowest BCUT2D eigenvalue weighted by molar-refractivity contribution is -0.145. The summed E-state index contributed by atoms with van der Waals surface area (Å²) in [7, 11) is 0. The predicted octanol–water partition coefficient (Wildman–Crippen LogP) is 3.32. The maximum absolute atomic E-state index is 11.1. The van der Waals surface area contributed by atoms with E-state index in [-0.39, 0.29) is 5.92 Å². The number of rotatable bonds is 5. The van der Waals surface area contributed by atoms with Crippen LogP contribution >= 0.6 is 0 Å². The first-order chi connectivity index (χ1) is 7.69. The van der Waals surface area contributed by atoms with Crippen LogP contribution in [0.4, 0.5) is 0 Å². The lowest BCUT2D eigenvalue weighted by atomic mass is 9.71. The molecular weight excluding hydrogens is 200 g/mol. The number of aliphatic carboxylic acids is 1. The summed E-state index contributed by atoms with van der Waals surface area (Å²) in [6.45, 7) is 2.19. The van der Waals surface area contributed by atoms with E-state index in [0.29, 0.717) is 12.3 Å². The van der Waals surface area contributed by atoms with Gasteiger partial charge in [0.25, 0.3) is 0 Å². The molecule has 0 aromatic rings. The Bertz CT molecular complexity index is 264. The first kappa shape index (κ1) is 13.1. The predicted molar refractivity (Wildman–Crippen MR) is 64.9 cm³/mol. The lowest BCUT2D eigenvalue weighted by Crippen LogP contribution is -2.30. The Balaban J connectivity index is 2.55. The Hall–Kier alpha value is -0.970. The monoisotopic (exact) mass is 222 g/mol. The second-order valence-electron chi connectivity index (χ2n) is 4.92. The summed E-state index contributed by atoms with van der Waals surface area (Å²) in [4.78, 5) is 11.1. The van der Waals surface area contributed by atoms with Crippen molar-refractivity contribution in [3.63, 3.8) is 0 Å². The van der Waals surface area contributed by atoms with Crippen molar-refractivity contribution in [2.45, 2.75) is 51.9 Å². The van der Waals surface area contributed by atoms with Gasteiger partial charge in [-0.15, -0.1) is 12.3 Å². The van der Waals surface area contributed by atoms with Crippen molar-refractivity contribution in [3.05, 3.63) is 0 Å². The van der Waals surface area contributed by atoms with Gasteiger partial charge in [-0.3, -0.25) is 4.79 Å². The quantitative estimate of drug-likeness (QED) is 0.724. The van der Waals surface area contributed by atoms with Crippen molar-refractivity contribution in [1.82, 2.24) is 0 Å². The van der Waals surface area contributed by atoms with Crippen molar-refractivity contribution in [2.24, 2.45) is 17.8 Å². The highest BCUT2D eigenvalue weighted by molar-refractivity contribution is 5.70. The summed E-state index contributed by atoms with van der Waals surface area (Å²) in [6, 6.07) is 0. The molecule has 0 radical (unpaired) electrons. The molecule has 0 saturated heterocycles. The van der Waals surface area contributed by atoms with E-state index in [1.54, 1.807) is 0 Å². The number of hydrogen-bond acceptors (Lipinski definition) is 1. The normalized spacial score (nSPS) is 29.6. The van der Waals surface area contributed by atoms with Crippen LogP contribution in [-0.4, -0.2) is 11.1 Å². The van der Waals surface area contributed by atoms with Crippen LogP contribution in [0.3, 0.4) is 0 Å². The number of carboxylic acids is 1. The van der Waals surface area contributed by atoms with Gasteiger partial charge in [0.1, 0.15) is 0 Å². The van der Waals surface area contributed by atoms with Crippen molar-refractivity contribution in [2.75, 3.05) is 0 Å². The lowest BCUT2D eigenvalue weighted by Gasteiger charge is -2.33. The highest BCUT2D eigenvalue weighted by Crippen LogP contribution is 2.38. The molecule has 0 spiro atoms. The second-order valence-corrected chi connectivity index (χ2v) is 4.92. The minimum absolute atomic E-state index is 0.151. The molecule has 3 atom stereocenters. The molecule has 90 valence electrons. The molecule has 1 rings (SSSR count). The van der Waals surface area contributed by atoms with E-state index >= 15 is 0 Å². The largest absolute Gasteiger partial charge is 0.481 e. The summed E-state index contributed by atoms with van der Waals surface area (Å²) in [6.07, 6.45) is 12.3. The third kappa shape index (κ3) is 3.56. The van der Waals surface area contributed by atoms with Gasteiger partial charge in [0.15, 0.2) is 0 Å². The van der Waals surface area contributed by atoms with Gasteiger partial charge in [0, 0.05) is 6.42 Å². The minimum Gasteiger partial charge on any atom is -0.481 e. The van der Waals surface area contributed by atoms with Crippen molar-refractivity contribution in [3.8, 4) is 12.3 Å². The maximum Gasteiger partial charge on any atom is 0.306 e. The van der Waals surface area contributed by atoms with Crippen LogP contribution < -0.4 is 0 Å². The van der Waals surface area contributed by atoms with Gasteiger partial charge in [0.2, 0.25) is 0 Å². The molecule has 1 fully saturated rings. The Kier molecular flexibility index (Phi) is 5.38. The zero-order valence-electron chi connectivity index (χ0n) is 10.1. The fourth-order valence-electron chi connectivity index (χ4n) is 2.94. The molecule has 16 heavy (non-hydrogen) atoms. The van der Waals surface area contributed by atoms with E-state index in [0.717, 1.165) is 31.6 Å². The Labute approximate surface area is 98.4 Å². The van der Waals surface area contributed by atoms with E-state index in [1.807, 2.05) is 0 Å². The molecule has 2 heteroatoms. The highest BCUT2D eigenvalue weighted by atomic mass is 16.4. The number of hydrogen-bond donors (Lipinski definition) is 1. The third-order valence-electron chi connectivity index (χ3n) is 3.76. The van der Waals surface area contributed by atoms with Gasteiger partial charge in [-0.1, -0.05) is 19.8 Å². The highest BCUT2D eigenvalue weighted by Gasteiger charge is 2.33. The van der Waals surface area contributed by atoms with E-state index in [2.05, 4.69) is 12.8 Å². The van der Waals surface area contributed by atoms with Gasteiger partial charge < -0.3 is 5.11 Å². The molecule has 0 aromatic heterocycles. The van der Waals surface area contributed by atoms with Crippen LogP contribution in [-0.2, 0) is 4.79 Å². The van der Waals surface area contributed by atoms with Crippen LogP contribution in [0.25, 0.3) is 0 Å². The van der Waals surface area contributed by atoms with E-state index < -0.39 is 5.97 Å². The Morgan fingerprint density at radius 1 is 1.44 bits per heavy atom. The van der Waals surface area contributed by atoms with Gasteiger partial charge in [-0.25, -0.2) is 0 Å². The SMILES string of the molecule is C#CCCC1CC(CCC)CCC1C(=O)O. The number of carboxylic acid groups (broad SMARTS) is 1. The fourth-order valence-corrected chi connectivity index (χ4v) is 2.94. The smallest absolute Gasteiger partial charge is 0.306 e. The van der Waals surface area contributed by atoms with E-state index in [1.165, 1.54) is 12.8 Å². The van der Waals surface area contributed by atoms with Gasteiger partial charge in [0.05, 0.1) is 5.92 Å². The van der Waals surface area contributed by atoms with Crippen LogP contribution in [0.15, 0.2) is 0 Å². The third-order valence-corrected chi connectivity index (χ3v) is 3.76. The average molecular weight is 222 g/mol. The average Bonchev–Trinajstić information content (AvgIpc) is 2.26. The molecule has 0 bridgehead atoms. The zero-order chi connectivity index (χ0) is 12.0. The van der Waals surface area contributed by atoms with Gasteiger partial charge in [-0.05, 0) is 37.5 Å². The van der Waals surface area contributed by atoms with Crippen LogP contribution in [0.1, 0.15) is 51.9 Å². The topological polar surface area (TPSA) is 37.3 Å². The maximum atomic E-state index is 11.1. The summed E-state index contributed by atoms with van der Waals surface area (Å²) in [5.74, 6) is 2.88. The zero-order valence-corrected chi connectivity index (χ0v) is 10.1. The summed E-state index contributed by atoms with van der Waals surface area (Å²) >= 11 is 0. The second kappa shape index (κ2) is 6.58. The summed E-state index contributed by atoms with van der Waals surface area (Å²) in [5.41, 5.74) is 0. The molecule has 0 heterocycles. The Morgan fingerprint density at radius 3 is 2.75 bits per heavy atom. The first-order valence-electron chi connectivity index (χ1n) is 6.35. The van der Waals surface area contributed by atoms with Crippen LogP contribution in [0, 0.1) is 30.1 Å². The molecule has 2 nitrogen and oxygen atoms in total. The minimum atomic E-state index is -0.628. The van der Waals surface area contributed by atoms with E-state index in [4.69, 9.17) is 6.42 Å². The molecule has 1 aliphatic carbocycles. The van der Waals surface area contributed by atoms with Crippen LogP contribution in [0.5, 0.6) is 0 Å². The molecule has 0 aromatic carbocycles. The fraction of sp³-hybridized carbons (Fsp3) is 0.786. The van der Waals surface area contributed by atoms with Gasteiger partial charge >= 0.3 is 5.97 Å². The summed E-state index contributed by atoms with van der Waals surface area (Å²) in [5, 5.41) is 9.17. The van der Waals surface area contributed by atoms with Crippen molar-refractivity contribution >= 4 is 5.97 Å². The van der Waals surface area contributed by atoms with Crippen molar-refractivity contribution in [1.29, 1.82) is 0 Å². The first-order valence-corrected chi connectivity index (χ1v) is 6.35. The van der Waals surface area contributed by atoms with Crippen molar-refractivity contribution < 1.29 is 9.90 Å². The molecule has 1 aliphatic rings. The Morgan fingerprint density at radius 2 is 2.19 bits per heavy atom. The standard InChI is InChI=1S/C14H22O2/c1-3-5-7-12-10-11(6-4-2)8-9-13(12)14(15)16/h1,11-13H,4-10H2,2H3,(H,15,16). The molecule has 1 saturated carbocycles. The number of carbonyl (C=O) groups is 1. The number of terminal acetylenes is 1. The molecule has 0 aliphatic heterocycles.